The Labute approximate surface area is 171 Å². The summed E-state index contributed by atoms with van der Waals surface area (Å²) in [5, 5.41) is 1.51. The Morgan fingerprint density at radius 1 is 1.10 bits per heavy atom. The third-order valence-corrected chi connectivity index (χ3v) is 4.85. The van der Waals surface area contributed by atoms with E-state index in [9.17, 15) is 44.7 Å². The molecule has 1 saturated heterocycles. The summed E-state index contributed by atoms with van der Waals surface area (Å²) in [5.41, 5.74) is 5.53. The molecule has 13 heteroatoms. The van der Waals surface area contributed by atoms with E-state index in [0.717, 1.165) is 0 Å². The molecular formula is C18H19F8N3O2. The smallest absolute Gasteiger partial charge is 0.348 e. The fourth-order valence-electron chi connectivity index (χ4n) is 3.24. The van der Waals surface area contributed by atoms with E-state index in [0.29, 0.717) is 18.6 Å². The highest BCUT2D eigenvalue weighted by Crippen LogP contribution is 2.35. The standard InChI is InChI=1S/C18H19F8N3O2/c19-12-7-14(21)13(20)5-9(12)4-10(27)6-15(30)29-3-1-2-11(29)8-28-16(31)17(22,23)18(24,25)26/h5,7,10-11H,1-4,6,8,27H2,(H,28,31)/t10-,11?/m1/s1. The molecule has 0 aliphatic carbocycles. The molecule has 1 aromatic rings. The van der Waals surface area contributed by atoms with Crippen molar-refractivity contribution in [1.29, 1.82) is 0 Å². The molecule has 1 aromatic carbocycles. The minimum absolute atomic E-state index is 0.154. The van der Waals surface area contributed by atoms with Crippen molar-refractivity contribution >= 4 is 11.8 Å². The molecule has 5 nitrogen and oxygen atoms in total. The van der Waals surface area contributed by atoms with Crippen LogP contribution in [0.5, 0.6) is 0 Å². The lowest BCUT2D eigenvalue weighted by Gasteiger charge is -2.27. The van der Waals surface area contributed by atoms with Crippen LogP contribution in [0.1, 0.15) is 24.8 Å². The van der Waals surface area contributed by atoms with Crippen molar-refractivity contribution in [2.45, 2.75) is 49.9 Å². The highest BCUT2D eigenvalue weighted by Gasteiger charge is 2.63. The number of rotatable bonds is 7. The number of hydrogen-bond acceptors (Lipinski definition) is 3. The molecule has 31 heavy (non-hydrogen) atoms. The van der Waals surface area contributed by atoms with Gasteiger partial charge < -0.3 is 16.0 Å². The summed E-state index contributed by atoms with van der Waals surface area (Å²) in [7, 11) is 0. The van der Waals surface area contributed by atoms with Crippen molar-refractivity contribution in [2.24, 2.45) is 5.73 Å². The lowest BCUT2D eigenvalue weighted by molar-refractivity contribution is -0.269. The average Bonchev–Trinajstić information content (AvgIpc) is 3.11. The van der Waals surface area contributed by atoms with Crippen LogP contribution in [0.4, 0.5) is 35.1 Å². The molecule has 2 rings (SSSR count). The number of nitrogens with one attached hydrogen (secondary N) is 1. The first-order valence-corrected chi connectivity index (χ1v) is 9.15. The molecule has 1 aliphatic rings. The van der Waals surface area contributed by atoms with Crippen LogP contribution in [0.25, 0.3) is 0 Å². The minimum atomic E-state index is -6.05. The number of likely N-dealkylation sites (tertiary alicyclic amines) is 1. The van der Waals surface area contributed by atoms with Gasteiger partial charge in [-0.1, -0.05) is 0 Å². The number of benzene rings is 1. The van der Waals surface area contributed by atoms with Crippen molar-refractivity contribution in [3.63, 3.8) is 0 Å². The topological polar surface area (TPSA) is 75.4 Å². The van der Waals surface area contributed by atoms with Gasteiger partial charge in [0.05, 0.1) is 0 Å². The largest absolute Gasteiger partial charge is 0.463 e. The lowest BCUT2D eigenvalue weighted by Crippen LogP contribution is -2.53. The second kappa shape index (κ2) is 9.37. The maximum atomic E-state index is 13.7. The number of nitrogens with zero attached hydrogens (tertiary/aromatic N) is 1. The Kier molecular flexibility index (Phi) is 7.50. The van der Waals surface area contributed by atoms with Gasteiger partial charge in [-0.3, -0.25) is 9.59 Å². The maximum Gasteiger partial charge on any atom is 0.463 e. The summed E-state index contributed by atoms with van der Waals surface area (Å²) >= 11 is 0. The molecule has 1 unspecified atom stereocenters. The first kappa shape index (κ1) is 24.8. The van der Waals surface area contributed by atoms with E-state index in [-0.39, 0.29) is 31.4 Å². The van der Waals surface area contributed by atoms with Crippen LogP contribution >= 0.6 is 0 Å². The SMILES string of the molecule is N[C@@H](CC(=O)N1CCCC1CNC(=O)C(F)(F)C(F)(F)F)Cc1cc(F)c(F)cc1F. The quantitative estimate of drug-likeness (QED) is 0.485. The number of halogens is 8. The number of hydrogen-bond donors (Lipinski definition) is 2. The minimum Gasteiger partial charge on any atom is -0.348 e. The normalized spacial score (nSPS) is 18.2. The molecule has 0 spiro atoms. The zero-order valence-corrected chi connectivity index (χ0v) is 15.9. The fourth-order valence-corrected chi connectivity index (χ4v) is 3.24. The molecule has 0 radical (unpaired) electrons. The van der Waals surface area contributed by atoms with Crippen molar-refractivity contribution in [3.8, 4) is 0 Å². The highest BCUT2D eigenvalue weighted by molar-refractivity contribution is 5.84. The van der Waals surface area contributed by atoms with Crippen molar-refractivity contribution in [3.05, 3.63) is 35.1 Å². The van der Waals surface area contributed by atoms with Crippen LogP contribution in [0.15, 0.2) is 12.1 Å². The molecule has 2 atom stereocenters. The molecule has 1 heterocycles. The molecule has 3 N–H and O–H groups in total. The molecular weight excluding hydrogens is 442 g/mol. The van der Waals surface area contributed by atoms with Gasteiger partial charge in [0.25, 0.3) is 5.91 Å². The van der Waals surface area contributed by atoms with Crippen LogP contribution < -0.4 is 11.1 Å². The molecule has 0 saturated carbocycles. The van der Waals surface area contributed by atoms with E-state index in [1.807, 2.05) is 0 Å². The Hall–Kier alpha value is -2.44. The Bertz CT molecular complexity index is 831. The van der Waals surface area contributed by atoms with Gasteiger partial charge in [0.2, 0.25) is 5.91 Å². The number of amides is 2. The third-order valence-electron chi connectivity index (χ3n) is 4.85. The molecule has 1 aliphatic heterocycles. The van der Waals surface area contributed by atoms with Crippen LogP contribution in [0, 0.1) is 17.5 Å². The zero-order chi connectivity index (χ0) is 23.6. The van der Waals surface area contributed by atoms with Gasteiger partial charge >= 0.3 is 12.1 Å². The fraction of sp³-hybridized carbons (Fsp3) is 0.556. The summed E-state index contributed by atoms with van der Waals surface area (Å²) in [6.45, 7) is -0.468. The van der Waals surface area contributed by atoms with Crippen LogP contribution in [-0.2, 0) is 16.0 Å². The maximum absolute atomic E-state index is 13.7. The van der Waals surface area contributed by atoms with Crippen molar-refractivity contribution < 1.29 is 44.7 Å². The Morgan fingerprint density at radius 3 is 2.32 bits per heavy atom. The number of alkyl halides is 5. The second-order valence-electron chi connectivity index (χ2n) is 7.19. The van der Waals surface area contributed by atoms with Gasteiger partial charge in [-0.05, 0) is 30.9 Å². The van der Waals surface area contributed by atoms with Crippen LogP contribution in [-0.4, -0.2) is 54.0 Å². The zero-order valence-electron chi connectivity index (χ0n) is 15.9. The van der Waals surface area contributed by atoms with Crippen molar-refractivity contribution in [2.75, 3.05) is 13.1 Å². The van der Waals surface area contributed by atoms with E-state index in [2.05, 4.69) is 0 Å². The first-order chi connectivity index (χ1) is 14.2. The molecule has 2 amide bonds. The van der Waals surface area contributed by atoms with Crippen molar-refractivity contribution in [1.82, 2.24) is 10.2 Å². The third kappa shape index (κ3) is 5.83. The van der Waals surface area contributed by atoms with E-state index in [1.54, 1.807) is 0 Å². The molecule has 0 aromatic heterocycles. The lowest BCUT2D eigenvalue weighted by atomic mass is 10.0. The van der Waals surface area contributed by atoms with Gasteiger partial charge in [0, 0.05) is 37.7 Å². The van der Waals surface area contributed by atoms with E-state index < -0.39 is 60.0 Å². The highest BCUT2D eigenvalue weighted by atomic mass is 19.4. The van der Waals surface area contributed by atoms with Gasteiger partial charge in [-0.2, -0.15) is 22.0 Å². The van der Waals surface area contributed by atoms with Gasteiger partial charge in [0.15, 0.2) is 11.6 Å². The summed E-state index contributed by atoms with van der Waals surface area (Å²) in [6, 6.07) is -0.871. The van der Waals surface area contributed by atoms with Crippen LogP contribution in [0.3, 0.4) is 0 Å². The molecule has 0 bridgehead atoms. The van der Waals surface area contributed by atoms with Gasteiger partial charge in [-0.15, -0.1) is 0 Å². The van der Waals surface area contributed by atoms with Gasteiger partial charge in [0.1, 0.15) is 5.82 Å². The average molecular weight is 461 g/mol. The van der Waals surface area contributed by atoms with E-state index in [1.165, 1.54) is 10.2 Å². The predicted molar refractivity (Wildman–Crippen MR) is 91.4 cm³/mol. The summed E-state index contributed by atoms with van der Waals surface area (Å²) < 4.78 is 103. The van der Waals surface area contributed by atoms with E-state index in [4.69, 9.17) is 5.73 Å². The molecule has 174 valence electrons. The Morgan fingerprint density at radius 2 is 1.71 bits per heavy atom. The van der Waals surface area contributed by atoms with Crippen LogP contribution in [0.2, 0.25) is 0 Å². The first-order valence-electron chi connectivity index (χ1n) is 9.15. The summed E-state index contributed by atoms with van der Waals surface area (Å²) in [6.07, 6.45) is -6.07. The summed E-state index contributed by atoms with van der Waals surface area (Å²) in [4.78, 5) is 24.8. The summed E-state index contributed by atoms with van der Waals surface area (Å²) in [5.74, 6) is -12.4. The second-order valence-corrected chi connectivity index (χ2v) is 7.19. The number of carbonyl (C=O) groups excluding carboxylic acids is 2. The monoisotopic (exact) mass is 461 g/mol. The predicted octanol–water partition coefficient (Wildman–Crippen LogP) is 2.67. The number of carbonyl (C=O) groups is 2. The van der Waals surface area contributed by atoms with Gasteiger partial charge in [-0.25, -0.2) is 13.2 Å². The van der Waals surface area contributed by atoms with E-state index >= 15 is 0 Å². The molecule has 1 fully saturated rings. The number of nitrogens with two attached hydrogens (primary N) is 1. The Balaban J connectivity index is 1.94.